The van der Waals surface area contributed by atoms with Gasteiger partial charge < -0.3 is 14.9 Å². The molecule has 0 spiro atoms. The van der Waals surface area contributed by atoms with Crippen molar-refractivity contribution in [2.75, 3.05) is 39.8 Å². The molecule has 1 N–H and O–H groups in total. The highest BCUT2D eigenvalue weighted by atomic mass is 16.2. The second kappa shape index (κ2) is 7.77. The van der Waals surface area contributed by atoms with Crippen LogP contribution in [0.25, 0.3) is 0 Å². The number of hydrogen-bond donors (Lipinski definition) is 1. The lowest BCUT2D eigenvalue weighted by atomic mass is 10.2. The number of likely N-dealkylation sites (tertiary alicyclic amines) is 1. The quantitative estimate of drug-likeness (QED) is 0.824. The summed E-state index contributed by atoms with van der Waals surface area (Å²) in [6, 6.07) is 3.42. The number of likely N-dealkylation sites (N-methyl/N-ethyl adjacent to an activating group) is 1. The van der Waals surface area contributed by atoms with Crippen LogP contribution >= 0.6 is 0 Å². The summed E-state index contributed by atoms with van der Waals surface area (Å²) in [7, 11) is 1.81. The molecule has 0 aromatic carbocycles. The molecule has 5 nitrogen and oxygen atoms in total. The van der Waals surface area contributed by atoms with E-state index in [1.807, 2.05) is 0 Å². The number of nitrogens with zero attached hydrogens (tertiary/aromatic N) is 3. The zero-order valence-corrected chi connectivity index (χ0v) is 12.4. The Bertz CT molecular complexity index is 525. The molecule has 5 heteroatoms. The van der Waals surface area contributed by atoms with Crippen LogP contribution in [-0.4, -0.2) is 65.6 Å². The van der Waals surface area contributed by atoms with Crippen LogP contribution in [0.1, 0.15) is 28.9 Å². The van der Waals surface area contributed by atoms with Crippen molar-refractivity contribution in [3.63, 3.8) is 0 Å². The van der Waals surface area contributed by atoms with E-state index >= 15 is 0 Å². The van der Waals surface area contributed by atoms with Crippen LogP contribution in [0.3, 0.4) is 0 Å². The summed E-state index contributed by atoms with van der Waals surface area (Å²) in [4.78, 5) is 20.5. The van der Waals surface area contributed by atoms with E-state index in [1.165, 1.54) is 12.8 Å². The molecular weight excluding hydrogens is 266 g/mol. The number of pyridine rings is 1. The normalized spacial score (nSPS) is 14.6. The molecule has 1 fully saturated rings. The number of aromatic nitrogens is 1. The van der Waals surface area contributed by atoms with Gasteiger partial charge in [-0.3, -0.25) is 4.79 Å². The first kappa shape index (κ1) is 15.5. The van der Waals surface area contributed by atoms with Crippen LogP contribution < -0.4 is 0 Å². The Kier molecular flexibility index (Phi) is 5.73. The van der Waals surface area contributed by atoms with Gasteiger partial charge in [-0.2, -0.15) is 0 Å². The first-order valence-corrected chi connectivity index (χ1v) is 7.24. The molecule has 0 radical (unpaired) electrons. The molecule has 1 aliphatic heterocycles. The fourth-order valence-electron chi connectivity index (χ4n) is 2.33. The maximum Gasteiger partial charge on any atom is 0.272 e. The highest BCUT2D eigenvalue weighted by Crippen LogP contribution is 2.07. The predicted molar refractivity (Wildman–Crippen MR) is 80.8 cm³/mol. The third-order valence-corrected chi connectivity index (χ3v) is 3.59. The van der Waals surface area contributed by atoms with Crippen molar-refractivity contribution < 1.29 is 9.90 Å². The summed E-state index contributed by atoms with van der Waals surface area (Å²) in [5.74, 6) is 5.24. The standard InChI is InChI=1S/C16H21N3O2/c1-18(10-11-19-8-2-3-9-19)16(21)15-7-6-14(13-17-15)5-4-12-20/h6-7,13,20H,2-3,8-12H2,1H3. The maximum atomic E-state index is 12.2. The van der Waals surface area contributed by atoms with Crippen molar-refractivity contribution in [3.05, 3.63) is 29.6 Å². The number of rotatable bonds is 4. The lowest BCUT2D eigenvalue weighted by Crippen LogP contribution is -2.35. The number of carbonyl (C=O) groups excluding carboxylic acids is 1. The molecule has 0 bridgehead atoms. The summed E-state index contributed by atoms with van der Waals surface area (Å²) in [5.41, 5.74) is 1.12. The fraction of sp³-hybridized carbons (Fsp3) is 0.500. The minimum atomic E-state index is -0.181. The number of carbonyl (C=O) groups is 1. The molecule has 0 atom stereocenters. The zero-order chi connectivity index (χ0) is 15.1. The summed E-state index contributed by atoms with van der Waals surface area (Å²) < 4.78 is 0. The van der Waals surface area contributed by atoms with Crippen LogP contribution in [0.15, 0.2) is 18.3 Å². The van der Waals surface area contributed by atoms with Crippen molar-refractivity contribution in [2.24, 2.45) is 0 Å². The Hall–Kier alpha value is -1.90. The summed E-state index contributed by atoms with van der Waals surface area (Å²) in [6.45, 7) is 3.73. The van der Waals surface area contributed by atoms with Crippen LogP contribution in [0.4, 0.5) is 0 Å². The number of aliphatic hydroxyl groups is 1. The van der Waals surface area contributed by atoms with Gasteiger partial charge in [0.05, 0.1) is 0 Å². The molecule has 2 rings (SSSR count). The Labute approximate surface area is 125 Å². The van der Waals surface area contributed by atoms with Crippen molar-refractivity contribution in [1.82, 2.24) is 14.8 Å². The zero-order valence-electron chi connectivity index (χ0n) is 12.4. The largest absolute Gasteiger partial charge is 0.384 e. The summed E-state index contributed by atoms with van der Waals surface area (Å²) in [6.07, 6.45) is 4.08. The van der Waals surface area contributed by atoms with Gasteiger partial charge in [0.25, 0.3) is 5.91 Å². The number of hydrogen-bond acceptors (Lipinski definition) is 4. The Morgan fingerprint density at radius 3 is 2.81 bits per heavy atom. The molecule has 0 unspecified atom stereocenters. The first-order valence-electron chi connectivity index (χ1n) is 7.24. The topological polar surface area (TPSA) is 56.7 Å². The minimum Gasteiger partial charge on any atom is -0.384 e. The Morgan fingerprint density at radius 1 is 1.43 bits per heavy atom. The van der Waals surface area contributed by atoms with Gasteiger partial charge >= 0.3 is 0 Å². The second-order valence-electron chi connectivity index (χ2n) is 5.17. The van der Waals surface area contributed by atoms with Crippen LogP contribution in [0.2, 0.25) is 0 Å². The monoisotopic (exact) mass is 287 g/mol. The van der Waals surface area contributed by atoms with Crippen molar-refractivity contribution in [2.45, 2.75) is 12.8 Å². The van der Waals surface area contributed by atoms with E-state index in [9.17, 15) is 4.79 Å². The molecule has 1 aromatic rings. The van der Waals surface area contributed by atoms with E-state index in [-0.39, 0.29) is 12.5 Å². The van der Waals surface area contributed by atoms with Crippen molar-refractivity contribution in [1.29, 1.82) is 0 Å². The molecule has 1 amide bonds. The average Bonchev–Trinajstić information content (AvgIpc) is 3.04. The van der Waals surface area contributed by atoms with Gasteiger partial charge in [0.1, 0.15) is 12.3 Å². The van der Waals surface area contributed by atoms with Gasteiger partial charge in [0.2, 0.25) is 0 Å². The predicted octanol–water partition coefficient (Wildman–Crippen LogP) is 0.593. The molecular formula is C16H21N3O2. The van der Waals surface area contributed by atoms with Crippen LogP contribution in [0.5, 0.6) is 0 Å². The van der Waals surface area contributed by atoms with Crippen molar-refractivity contribution in [3.8, 4) is 11.8 Å². The van der Waals surface area contributed by atoms with Crippen molar-refractivity contribution >= 4 is 5.91 Å². The molecule has 1 saturated heterocycles. The molecule has 112 valence electrons. The van der Waals surface area contributed by atoms with E-state index in [4.69, 9.17) is 5.11 Å². The molecule has 1 aromatic heterocycles. The van der Waals surface area contributed by atoms with Gasteiger partial charge in [-0.25, -0.2) is 4.98 Å². The molecule has 2 heterocycles. The summed E-state index contributed by atoms with van der Waals surface area (Å²) >= 11 is 0. The first-order chi connectivity index (χ1) is 10.2. The van der Waals surface area contributed by atoms with E-state index in [0.29, 0.717) is 17.8 Å². The van der Waals surface area contributed by atoms with E-state index in [1.54, 1.807) is 30.3 Å². The molecule has 1 aliphatic rings. The van der Waals surface area contributed by atoms with Crippen LogP contribution in [0, 0.1) is 11.8 Å². The average molecular weight is 287 g/mol. The van der Waals surface area contributed by atoms with E-state index < -0.39 is 0 Å². The lowest BCUT2D eigenvalue weighted by molar-refractivity contribution is 0.0776. The minimum absolute atomic E-state index is 0.0733. The van der Waals surface area contributed by atoms with Gasteiger partial charge in [-0.05, 0) is 38.1 Å². The Morgan fingerprint density at radius 2 is 2.19 bits per heavy atom. The van der Waals surface area contributed by atoms with Gasteiger partial charge in [-0.15, -0.1) is 0 Å². The van der Waals surface area contributed by atoms with E-state index in [0.717, 1.165) is 19.6 Å². The SMILES string of the molecule is CN(CCN1CCCC1)C(=O)c1ccc(C#CCO)cn1. The Balaban J connectivity index is 1.88. The maximum absolute atomic E-state index is 12.2. The van der Waals surface area contributed by atoms with Gasteiger partial charge in [0.15, 0.2) is 0 Å². The van der Waals surface area contributed by atoms with E-state index in [2.05, 4.69) is 21.7 Å². The molecule has 0 saturated carbocycles. The highest BCUT2D eigenvalue weighted by molar-refractivity contribution is 5.92. The highest BCUT2D eigenvalue weighted by Gasteiger charge is 2.16. The third kappa shape index (κ3) is 4.55. The number of aliphatic hydroxyl groups excluding tert-OH is 1. The number of amides is 1. The molecule has 21 heavy (non-hydrogen) atoms. The lowest BCUT2D eigenvalue weighted by Gasteiger charge is -2.21. The molecule has 0 aliphatic carbocycles. The smallest absolute Gasteiger partial charge is 0.272 e. The van der Waals surface area contributed by atoms with Gasteiger partial charge in [-0.1, -0.05) is 11.8 Å². The van der Waals surface area contributed by atoms with Gasteiger partial charge in [0, 0.05) is 31.9 Å². The summed E-state index contributed by atoms with van der Waals surface area (Å²) in [5, 5.41) is 8.63. The fourth-order valence-corrected chi connectivity index (χ4v) is 2.33. The van der Waals surface area contributed by atoms with Crippen LogP contribution in [-0.2, 0) is 0 Å². The second-order valence-corrected chi connectivity index (χ2v) is 5.17. The third-order valence-electron chi connectivity index (χ3n) is 3.59.